The first-order valence-electron chi connectivity index (χ1n) is 15.5. The van der Waals surface area contributed by atoms with Gasteiger partial charge in [0.25, 0.3) is 11.8 Å². The minimum Gasteiger partial charge on any atom is -0.320 e. The molecule has 0 aliphatic heterocycles. The number of carbonyl (C=O) groups excluding carboxylic acids is 2. The number of carbonyl (C=O) groups is 2. The van der Waals surface area contributed by atoms with Crippen LogP contribution in [0.2, 0.25) is 0 Å². The molecule has 6 heteroatoms. The molecule has 0 radical (unpaired) electrons. The van der Waals surface area contributed by atoms with Crippen molar-refractivity contribution in [2.75, 3.05) is 10.6 Å². The Balaban J connectivity index is 1.25. The minimum absolute atomic E-state index is 0.297. The number of nitrogens with one attached hydrogen (secondary N) is 2. The fourth-order valence-electron chi connectivity index (χ4n) is 5.88. The Kier molecular flexibility index (Phi) is 7.76. The zero-order valence-electron chi connectivity index (χ0n) is 26.3. The number of hydrogen-bond acceptors (Lipinski definition) is 4. The molecule has 6 nitrogen and oxygen atoms in total. The maximum atomic E-state index is 14.0. The van der Waals surface area contributed by atoms with Crippen molar-refractivity contribution in [3.8, 4) is 22.5 Å². The number of benzene rings is 5. The van der Waals surface area contributed by atoms with Crippen LogP contribution in [0.4, 0.5) is 11.4 Å². The zero-order chi connectivity index (χ0) is 32.5. The van der Waals surface area contributed by atoms with Crippen molar-refractivity contribution >= 4 is 45.0 Å². The SMILES string of the molecule is Cc1cccc(-c2cc(C(=O)Nc3ccc(C)cc3NC(=O)c3cc(-c4cccc(C)c4)nc4ccccc34)c3ccccc3n2)c1. The molecule has 0 unspecified atom stereocenters. The van der Waals surface area contributed by atoms with E-state index in [0.717, 1.165) is 49.6 Å². The lowest BCUT2D eigenvalue weighted by atomic mass is 10.0. The summed E-state index contributed by atoms with van der Waals surface area (Å²) in [5.41, 5.74) is 9.87. The maximum absolute atomic E-state index is 14.0. The molecule has 7 aromatic rings. The summed E-state index contributed by atoms with van der Waals surface area (Å²) in [6.07, 6.45) is 0. The van der Waals surface area contributed by atoms with Gasteiger partial charge in [0.05, 0.1) is 44.9 Å². The molecular weight excluding hydrogens is 580 g/mol. The van der Waals surface area contributed by atoms with Crippen molar-refractivity contribution in [3.05, 3.63) is 155 Å². The third-order valence-electron chi connectivity index (χ3n) is 8.22. The summed E-state index contributed by atoms with van der Waals surface area (Å²) in [5, 5.41) is 7.66. The Hall–Kier alpha value is -6.14. The van der Waals surface area contributed by atoms with Crippen LogP contribution < -0.4 is 10.6 Å². The first-order valence-corrected chi connectivity index (χ1v) is 15.5. The van der Waals surface area contributed by atoms with Crippen LogP contribution in [-0.2, 0) is 0 Å². The third kappa shape index (κ3) is 6.09. The Labute approximate surface area is 273 Å². The molecule has 0 atom stereocenters. The summed E-state index contributed by atoms with van der Waals surface area (Å²) in [5.74, 6) is -0.595. The molecule has 0 spiro atoms. The van der Waals surface area contributed by atoms with Gasteiger partial charge in [0.15, 0.2) is 0 Å². The lowest BCUT2D eigenvalue weighted by Crippen LogP contribution is -2.18. The Bertz CT molecular complexity index is 2340. The van der Waals surface area contributed by atoms with Crippen LogP contribution >= 0.6 is 0 Å². The highest BCUT2D eigenvalue weighted by atomic mass is 16.2. The van der Waals surface area contributed by atoms with E-state index in [-0.39, 0.29) is 11.8 Å². The minimum atomic E-state index is -0.298. The van der Waals surface area contributed by atoms with E-state index in [4.69, 9.17) is 9.97 Å². The van der Waals surface area contributed by atoms with Crippen molar-refractivity contribution in [2.24, 2.45) is 0 Å². The molecule has 2 amide bonds. The maximum Gasteiger partial charge on any atom is 0.256 e. The summed E-state index contributed by atoms with van der Waals surface area (Å²) in [6.45, 7) is 6.01. The highest BCUT2D eigenvalue weighted by Crippen LogP contribution is 2.31. The highest BCUT2D eigenvalue weighted by Gasteiger charge is 2.19. The number of aryl methyl sites for hydroxylation is 3. The second kappa shape index (κ2) is 12.3. The van der Waals surface area contributed by atoms with E-state index < -0.39 is 0 Å². The summed E-state index contributed by atoms with van der Waals surface area (Å²) in [4.78, 5) is 37.8. The van der Waals surface area contributed by atoms with E-state index in [2.05, 4.69) is 22.8 Å². The summed E-state index contributed by atoms with van der Waals surface area (Å²) in [6, 6.07) is 40.6. The molecule has 0 saturated carbocycles. The van der Waals surface area contributed by atoms with Crippen molar-refractivity contribution in [3.63, 3.8) is 0 Å². The molecule has 0 saturated heterocycles. The van der Waals surface area contributed by atoms with Gasteiger partial charge in [0.2, 0.25) is 0 Å². The summed E-state index contributed by atoms with van der Waals surface area (Å²) in [7, 11) is 0. The second-order valence-electron chi connectivity index (χ2n) is 11.8. The number of pyridine rings is 2. The number of para-hydroxylation sites is 2. The van der Waals surface area contributed by atoms with Crippen LogP contribution in [0.25, 0.3) is 44.3 Å². The molecule has 0 aliphatic rings. The fraction of sp³-hybridized carbons (Fsp3) is 0.0732. The molecule has 228 valence electrons. The lowest BCUT2D eigenvalue weighted by Gasteiger charge is -2.16. The summed E-state index contributed by atoms with van der Waals surface area (Å²) < 4.78 is 0. The van der Waals surface area contributed by atoms with Gasteiger partial charge in [-0.05, 0) is 74.9 Å². The standard InChI is InChI=1S/C41H32N4O2/c1-25-10-8-12-28(20-25)37-23-32(30-14-4-6-16-34(30)42-37)40(46)44-36-19-18-27(3)22-39(36)45-41(47)33-24-38(29-13-9-11-26(2)21-29)43-35-17-7-5-15-31(33)35/h4-24H,1-3H3,(H,44,46)(H,45,47). The third-order valence-corrected chi connectivity index (χ3v) is 8.22. The van der Waals surface area contributed by atoms with Gasteiger partial charge in [-0.15, -0.1) is 0 Å². The number of fused-ring (bicyclic) bond motifs is 2. The van der Waals surface area contributed by atoms with Crippen LogP contribution in [0.15, 0.2) is 127 Å². The zero-order valence-corrected chi connectivity index (χ0v) is 26.3. The monoisotopic (exact) mass is 612 g/mol. The normalized spacial score (nSPS) is 11.0. The predicted molar refractivity (Wildman–Crippen MR) is 191 cm³/mol. The van der Waals surface area contributed by atoms with E-state index in [0.29, 0.717) is 33.9 Å². The number of rotatable bonds is 6. The molecule has 5 aromatic carbocycles. The van der Waals surface area contributed by atoms with Crippen molar-refractivity contribution in [1.29, 1.82) is 0 Å². The van der Waals surface area contributed by atoms with Gasteiger partial charge in [0.1, 0.15) is 0 Å². The van der Waals surface area contributed by atoms with E-state index in [9.17, 15) is 9.59 Å². The van der Waals surface area contributed by atoms with E-state index in [1.54, 1.807) is 0 Å². The lowest BCUT2D eigenvalue weighted by molar-refractivity contribution is 0.101. The van der Waals surface area contributed by atoms with Crippen LogP contribution in [0.3, 0.4) is 0 Å². The van der Waals surface area contributed by atoms with Crippen LogP contribution in [-0.4, -0.2) is 21.8 Å². The molecule has 47 heavy (non-hydrogen) atoms. The fourth-order valence-corrected chi connectivity index (χ4v) is 5.88. The van der Waals surface area contributed by atoms with Crippen LogP contribution in [0, 0.1) is 20.8 Å². The molecule has 2 N–H and O–H groups in total. The summed E-state index contributed by atoms with van der Waals surface area (Å²) >= 11 is 0. The van der Waals surface area contributed by atoms with E-state index in [1.165, 1.54) is 0 Å². The Morgan fingerprint density at radius 3 is 1.45 bits per heavy atom. The molecule has 2 aromatic heterocycles. The van der Waals surface area contributed by atoms with Crippen LogP contribution in [0.1, 0.15) is 37.4 Å². The number of aromatic nitrogens is 2. The van der Waals surface area contributed by atoms with Crippen molar-refractivity contribution in [1.82, 2.24) is 9.97 Å². The van der Waals surface area contributed by atoms with Gasteiger partial charge < -0.3 is 10.6 Å². The average Bonchev–Trinajstić information content (AvgIpc) is 3.08. The number of nitrogens with zero attached hydrogens (tertiary/aromatic N) is 2. The first-order chi connectivity index (χ1) is 22.8. The molecule has 0 aliphatic carbocycles. The van der Waals surface area contributed by atoms with Crippen LogP contribution in [0.5, 0.6) is 0 Å². The molecular formula is C41H32N4O2. The van der Waals surface area contributed by atoms with Gasteiger partial charge in [-0.25, -0.2) is 9.97 Å². The van der Waals surface area contributed by atoms with Gasteiger partial charge in [-0.2, -0.15) is 0 Å². The van der Waals surface area contributed by atoms with Gasteiger partial charge >= 0.3 is 0 Å². The second-order valence-corrected chi connectivity index (χ2v) is 11.8. The quantitative estimate of drug-likeness (QED) is 0.196. The topological polar surface area (TPSA) is 84.0 Å². The number of amides is 2. The Morgan fingerprint density at radius 2 is 0.936 bits per heavy atom. The smallest absolute Gasteiger partial charge is 0.256 e. The van der Waals surface area contributed by atoms with Crippen molar-refractivity contribution < 1.29 is 9.59 Å². The molecule has 7 rings (SSSR count). The van der Waals surface area contributed by atoms with Gasteiger partial charge in [-0.1, -0.05) is 90.0 Å². The number of anilines is 2. The Morgan fingerprint density at radius 1 is 0.468 bits per heavy atom. The highest BCUT2D eigenvalue weighted by molar-refractivity contribution is 6.17. The van der Waals surface area contributed by atoms with E-state index >= 15 is 0 Å². The molecule has 0 bridgehead atoms. The van der Waals surface area contributed by atoms with Crippen molar-refractivity contribution in [2.45, 2.75) is 20.8 Å². The first kappa shape index (κ1) is 29.6. The van der Waals surface area contributed by atoms with Gasteiger partial charge in [0, 0.05) is 21.9 Å². The molecule has 2 heterocycles. The predicted octanol–water partition coefficient (Wildman–Crippen LogP) is 9.55. The average molecular weight is 613 g/mol. The molecule has 0 fully saturated rings. The largest absolute Gasteiger partial charge is 0.320 e. The van der Waals surface area contributed by atoms with E-state index in [1.807, 2.05) is 136 Å². The number of hydrogen-bond donors (Lipinski definition) is 2. The van der Waals surface area contributed by atoms with Gasteiger partial charge in [-0.3, -0.25) is 9.59 Å².